The highest BCUT2D eigenvalue weighted by molar-refractivity contribution is 7.25. The van der Waals surface area contributed by atoms with Crippen LogP contribution in [0.15, 0.2) is 52.2 Å². The molecule has 176 valence electrons. The molecule has 10 heteroatoms. The number of nitrogens with zero attached hydrogens (tertiary/aromatic N) is 5. The first-order chi connectivity index (χ1) is 16.5. The summed E-state index contributed by atoms with van der Waals surface area (Å²) in [7, 11) is 0. The number of piperazine rings is 1. The average Bonchev–Trinajstić information content (AvgIpc) is 3.24. The molecule has 1 aliphatic heterocycles. The molecule has 0 spiro atoms. The fourth-order valence-corrected chi connectivity index (χ4v) is 5.59. The third-order valence-electron chi connectivity index (χ3n) is 6.18. The Hall–Kier alpha value is -3.53. The Morgan fingerprint density at radius 1 is 1.06 bits per heavy atom. The van der Waals surface area contributed by atoms with Crippen molar-refractivity contribution in [2.75, 3.05) is 31.1 Å². The number of amides is 1. The summed E-state index contributed by atoms with van der Waals surface area (Å²) in [5, 5.41) is 0.692. The van der Waals surface area contributed by atoms with Crippen LogP contribution in [0.2, 0.25) is 0 Å². The smallest absolute Gasteiger partial charge is 0.332 e. The van der Waals surface area contributed by atoms with Crippen molar-refractivity contribution in [1.82, 2.24) is 19.0 Å². The normalized spacial score (nSPS) is 14.3. The summed E-state index contributed by atoms with van der Waals surface area (Å²) in [5.41, 5.74) is 0.165. The van der Waals surface area contributed by atoms with E-state index < -0.39 is 5.69 Å². The van der Waals surface area contributed by atoms with Crippen LogP contribution in [0.5, 0.6) is 0 Å². The molecule has 1 saturated heterocycles. The minimum atomic E-state index is -0.485. The molecule has 34 heavy (non-hydrogen) atoms. The molecular weight excluding hydrogens is 457 g/mol. The molecule has 0 N–H and O–H groups in total. The molecule has 0 unspecified atom stereocenters. The molecule has 0 bridgehead atoms. The van der Waals surface area contributed by atoms with Gasteiger partial charge < -0.3 is 9.80 Å². The van der Waals surface area contributed by atoms with Gasteiger partial charge in [-0.3, -0.25) is 18.7 Å². The van der Waals surface area contributed by atoms with Crippen LogP contribution in [0.1, 0.15) is 13.3 Å². The second kappa shape index (κ2) is 9.02. The predicted molar refractivity (Wildman–Crippen MR) is 131 cm³/mol. The third-order valence-corrected chi connectivity index (χ3v) is 7.27. The van der Waals surface area contributed by atoms with Crippen LogP contribution in [-0.4, -0.2) is 51.1 Å². The molecule has 5 rings (SSSR count). The highest BCUT2D eigenvalue weighted by Crippen LogP contribution is 2.29. The zero-order valence-electron chi connectivity index (χ0n) is 18.7. The Morgan fingerprint density at radius 2 is 1.82 bits per heavy atom. The molecule has 0 radical (unpaired) electrons. The molecule has 1 aliphatic rings. The zero-order chi connectivity index (χ0) is 23.8. The van der Waals surface area contributed by atoms with Crippen LogP contribution in [0.4, 0.5) is 10.1 Å². The number of hydrogen-bond donors (Lipinski definition) is 0. The second-order valence-corrected chi connectivity index (χ2v) is 9.28. The number of rotatable bonds is 5. The lowest BCUT2D eigenvalue weighted by molar-refractivity contribution is -0.132. The quantitative estimate of drug-likeness (QED) is 0.438. The number of aromatic nitrogens is 3. The summed E-state index contributed by atoms with van der Waals surface area (Å²) < 4.78 is 17.2. The number of pyridine rings is 1. The molecule has 1 fully saturated rings. The van der Waals surface area contributed by atoms with E-state index in [4.69, 9.17) is 0 Å². The Morgan fingerprint density at radius 3 is 2.56 bits per heavy atom. The van der Waals surface area contributed by atoms with Gasteiger partial charge in [-0.25, -0.2) is 14.2 Å². The number of fused-ring (bicyclic) bond motifs is 3. The monoisotopic (exact) mass is 481 g/mol. The number of hydrogen-bond acceptors (Lipinski definition) is 6. The summed E-state index contributed by atoms with van der Waals surface area (Å²) in [5.74, 6) is -0.492. The van der Waals surface area contributed by atoms with Crippen LogP contribution in [0.25, 0.3) is 20.4 Å². The van der Waals surface area contributed by atoms with Gasteiger partial charge in [0.05, 0.1) is 11.2 Å². The van der Waals surface area contributed by atoms with E-state index in [1.807, 2.05) is 17.9 Å². The van der Waals surface area contributed by atoms with Crippen LogP contribution in [0.3, 0.4) is 0 Å². The lowest BCUT2D eigenvalue weighted by Gasteiger charge is -2.36. The van der Waals surface area contributed by atoms with Crippen molar-refractivity contribution in [3.63, 3.8) is 0 Å². The van der Waals surface area contributed by atoms with Gasteiger partial charge in [-0.05, 0) is 30.7 Å². The third kappa shape index (κ3) is 3.77. The topological polar surface area (TPSA) is 80.4 Å². The standard InChI is InChI=1S/C24H24FN5O3S/c1-2-10-29-23(32)21-20(16-6-5-9-26-22(16)34-21)30(24(29)33)15-19(31)28-13-11-27(12-14-28)18-8-4-3-7-17(18)25/h3-9H,2,10-15H2,1H3. The molecule has 1 aromatic carbocycles. The molecule has 3 aromatic heterocycles. The maximum atomic E-state index is 14.1. The van der Waals surface area contributed by atoms with Crippen molar-refractivity contribution in [3.05, 3.63) is 69.3 Å². The zero-order valence-corrected chi connectivity index (χ0v) is 19.6. The minimum Gasteiger partial charge on any atom is -0.366 e. The van der Waals surface area contributed by atoms with Gasteiger partial charge in [-0.1, -0.05) is 19.1 Å². The van der Waals surface area contributed by atoms with Gasteiger partial charge in [0.25, 0.3) is 5.56 Å². The molecule has 0 atom stereocenters. The van der Waals surface area contributed by atoms with Gasteiger partial charge in [0.1, 0.15) is 21.9 Å². The van der Waals surface area contributed by atoms with Crippen molar-refractivity contribution in [3.8, 4) is 0 Å². The van der Waals surface area contributed by atoms with Gasteiger partial charge in [0.2, 0.25) is 5.91 Å². The van der Waals surface area contributed by atoms with E-state index in [1.165, 1.54) is 26.5 Å². The predicted octanol–water partition coefficient (Wildman–Crippen LogP) is 2.67. The largest absolute Gasteiger partial charge is 0.366 e. The lowest BCUT2D eigenvalue weighted by atomic mass is 10.2. The maximum Gasteiger partial charge on any atom is 0.332 e. The van der Waals surface area contributed by atoms with Gasteiger partial charge in [0, 0.05) is 44.3 Å². The summed E-state index contributed by atoms with van der Waals surface area (Å²) in [4.78, 5) is 48.2. The van der Waals surface area contributed by atoms with Crippen molar-refractivity contribution < 1.29 is 9.18 Å². The highest BCUT2D eigenvalue weighted by Gasteiger charge is 2.25. The lowest BCUT2D eigenvalue weighted by Crippen LogP contribution is -2.51. The van der Waals surface area contributed by atoms with Crippen LogP contribution in [-0.2, 0) is 17.9 Å². The summed E-state index contributed by atoms with van der Waals surface area (Å²) in [6.07, 6.45) is 2.26. The van der Waals surface area contributed by atoms with Crippen LogP contribution >= 0.6 is 11.3 Å². The minimum absolute atomic E-state index is 0.167. The fourth-order valence-electron chi connectivity index (χ4n) is 4.49. The van der Waals surface area contributed by atoms with E-state index in [-0.39, 0.29) is 30.4 Å². The van der Waals surface area contributed by atoms with Crippen molar-refractivity contribution >= 4 is 43.4 Å². The van der Waals surface area contributed by atoms with E-state index in [1.54, 1.807) is 35.4 Å². The number of carbonyl (C=O) groups is 1. The molecule has 1 amide bonds. The Balaban J connectivity index is 1.47. The van der Waals surface area contributed by atoms with Crippen molar-refractivity contribution in [2.24, 2.45) is 0 Å². The second-order valence-electron chi connectivity index (χ2n) is 8.28. The molecule has 0 saturated carbocycles. The number of anilines is 1. The van der Waals surface area contributed by atoms with E-state index in [0.29, 0.717) is 58.7 Å². The van der Waals surface area contributed by atoms with E-state index in [9.17, 15) is 18.8 Å². The number of thiophene rings is 1. The Kier molecular flexibility index (Phi) is 5.91. The average molecular weight is 482 g/mol. The number of halogens is 1. The maximum absolute atomic E-state index is 14.1. The molecule has 4 heterocycles. The molecule has 4 aromatic rings. The van der Waals surface area contributed by atoms with Gasteiger partial charge >= 0.3 is 5.69 Å². The Labute approximate surface area is 198 Å². The van der Waals surface area contributed by atoms with Crippen LogP contribution < -0.4 is 16.1 Å². The van der Waals surface area contributed by atoms with Crippen molar-refractivity contribution in [2.45, 2.75) is 26.4 Å². The summed E-state index contributed by atoms with van der Waals surface area (Å²) in [6, 6.07) is 10.2. The van der Waals surface area contributed by atoms with Gasteiger partial charge in [-0.2, -0.15) is 0 Å². The summed E-state index contributed by atoms with van der Waals surface area (Å²) in [6.45, 7) is 3.85. The Bertz CT molecular complexity index is 1500. The van der Waals surface area contributed by atoms with E-state index in [0.717, 1.165) is 0 Å². The van der Waals surface area contributed by atoms with Crippen molar-refractivity contribution in [1.29, 1.82) is 0 Å². The highest BCUT2D eigenvalue weighted by atomic mass is 32.1. The van der Waals surface area contributed by atoms with E-state index >= 15 is 0 Å². The number of benzene rings is 1. The first kappa shape index (κ1) is 22.3. The molecule has 0 aliphatic carbocycles. The number of carbonyl (C=O) groups excluding carboxylic acids is 1. The summed E-state index contributed by atoms with van der Waals surface area (Å²) >= 11 is 1.24. The fraction of sp³-hybridized carbons (Fsp3) is 0.333. The van der Waals surface area contributed by atoms with E-state index in [2.05, 4.69) is 4.98 Å². The molecular formula is C24H24FN5O3S. The van der Waals surface area contributed by atoms with Crippen LogP contribution in [0, 0.1) is 5.82 Å². The first-order valence-corrected chi connectivity index (χ1v) is 12.1. The van der Waals surface area contributed by atoms with Gasteiger partial charge in [-0.15, -0.1) is 11.3 Å². The number of para-hydroxylation sites is 1. The van der Waals surface area contributed by atoms with Gasteiger partial charge in [0.15, 0.2) is 0 Å². The first-order valence-electron chi connectivity index (χ1n) is 11.3. The molecule has 8 nitrogen and oxygen atoms in total. The SMILES string of the molecule is CCCn1c(=O)c2sc3ncccc3c2n(CC(=O)N2CCN(c3ccccc3F)CC2)c1=O.